The van der Waals surface area contributed by atoms with Crippen LogP contribution in [0.1, 0.15) is 47.2 Å². The molecular formula is C34H49ClN2O4. The van der Waals surface area contributed by atoms with Gasteiger partial charge in [0.25, 0.3) is 0 Å². The Balaban J connectivity index is 0.00000588. The molecule has 0 spiro atoms. The SMILES string of the molecule is CCc1c(CCNCCc2cccc(CCNCCc3ccc(OC)c(OC)c3CC)c2)ccc(OC)c1OC.Cl. The Morgan fingerprint density at radius 1 is 0.537 bits per heavy atom. The van der Waals surface area contributed by atoms with Crippen molar-refractivity contribution in [2.75, 3.05) is 54.6 Å². The summed E-state index contributed by atoms with van der Waals surface area (Å²) in [5.74, 6) is 3.32. The van der Waals surface area contributed by atoms with Gasteiger partial charge < -0.3 is 29.6 Å². The van der Waals surface area contributed by atoms with Crippen molar-refractivity contribution >= 4 is 12.4 Å². The molecule has 0 heterocycles. The minimum atomic E-state index is 0. The normalized spacial score (nSPS) is 10.7. The van der Waals surface area contributed by atoms with Gasteiger partial charge in [-0.25, -0.2) is 0 Å². The van der Waals surface area contributed by atoms with Crippen molar-refractivity contribution in [3.63, 3.8) is 0 Å². The van der Waals surface area contributed by atoms with E-state index in [4.69, 9.17) is 18.9 Å². The van der Waals surface area contributed by atoms with E-state index in [-0.39, 0.29) is 12.4 Å². The van der Waals surface area contributed by atoms with Crippen molar-refractivity contribution in [3.05, 3.63) is 81.9 Å². The molecule has 0 amide bonds. The summed E-state index contributed by atoms with van der Waals surface area (Å²) in [6.07, 6.45) is 5.83. The van der Waals surface area contributed by atoms with Gasteiger partial charge in [0, 0.05) is 11.1 Å². The average Bonchev–Trinajstić information content (AvgIpc) is 2.99. The molecule has 0 aromatic heterocycles. The Hall–Kier alpha value is -2.93. The molecule has 0 radical (unpaired) electrons. The van der Waals surface area contributed by atoms with Gasteiger partial charge in [-0.1, -0.05) is 50.2 Å². The number of halogens is 1. The van der Waals surface area contributed by atoms with Crippen LogP contribution in [0.2, 0.25) is 0 Å². The molecule has 3 aromatic rings. The fourth-order valence-corrected chi connectivity index (χ4v) is 5.41. The first kappa shape index (κ1) is 34.3. The number of rotatable bonds is 18. The van der Waals surface area contributed by atoms with E-state index in [2.05, 4.69) is 60.9 Å². The number of methoxy groups -OCH3 is 4. The van der Waals surface area contributed by atoms with E-state index in [0.29, 0.717) is 0 Å². The van der Waals surface area contributed by atoms with Crippen molar-refractivity contribution in [1.82, 2.24) is 10.6 Å². The van der Waals surface area contributed by atoms with Crippen LogP contribution in [-0.2, 0) is 38.5 Å². The lowest BCUT2D eigenvalue weighted by molar-refractivity contribution is 0.351. The Kier molecular flexibility index (Phi) is 15.5. The molecule has 0 aliphatic carbocycles. The second-order valence-corrected chi connectivity index (χ2v) is 9.90. The van der Waals surface area contributed by atoms with Crippen LogP contribution in [-0.4, -0.2) is 54.6 Å². The fourth-order valence-electron chi connectivity index (χ4n) is 5.41. The number of hydrogen-bond acceptors (Lipinski definition) is 6. The van der Waals surface area contributed by atoms with Gasteiger partial charge in [-0.15, -0.1) is 12.4 Å². The molecule has 0 bridgehead atoms. The Bertz CT molecular complexity index is 1110. The zero-order valence-corrected chi connectivity index (χ0v) is 26.5. The van der Waals surface area contributed by atoms with Crippen molar-refractivity contribution < 1.29 is 18.9 Å². The minimum Gasteiger partial charge on any atom is -0.493 e. The van der Waals surface area contributed by atoms with E-state index in [0.717, 1.165) is 87.7 Å². The molecule has 2 N–H and O–H groups in total. The highest BCUT2D eigenvalue weighted by molar-refractivity contribution is 5.85. The first-order chi connectivity index (χ1) is 19.6. The van der Waals surface area contributed by atoms with E-state index in [1.807, 2.05) is 12.1 Å². The first-order valence-electron chi connectivity index (χ1n) is 14.5. The second kappa shape index (κ2) is 18.5. The maximum absolute atomic E-state index is 5.62. The summed E-state index contributed by atoms with van der Waals surface area (Å²) < 4.78 is 22.2. The molecule has 0 aliphatic rings. The Morgan fingerprint density at radius 2 is 0.951 bits per heavy atom. The van der Waals surface area contributed by atoms with Gasteiger partial charge in [0.2, 0.25) is 0 Å². The van der Waals surface area contributed by atoms with Gasteiger partial charge >= 0.3 is 0 Å². The van der Waals surface area contributed by atoms with Crippen molar-refractivity contribution in [1.29, 1.82) is 0 Å². The second-order valence-electron chi connectivity index (χ2n) is 9.90. The standard InChI is InChI=1S/C34H48N2O4.ClH/c1-7-29-27(12-14-31(37-3)33(29)39-5)18-22-35-20-16-25-10-9-11-26(24-25)17-21-36-23-19-28-13-15-32(38-4)34(40-6)30(28)8-2;/h9-15,24,35-36H,7-8,16-23H2,1-6H3;1H. The Morgan fingerprint density at radius 3 is 1.32 bits per heavy atom. The lowest BCUT2D eigenvalue weighted by Crippen LogP contribution is -2.21. The zero-order chi connectivity index (χ0) is 28.7. The topological polar surface area (TPSA) is 61.0 Å². The predicted molar refractivity (Wildman–Crippen MR) is 172 cm³/mol. The smallest absolute Gasteiger partial charge is 0.164 e. The van der Waals surface area contributed by atoms with E-state index in [9.17, 15) is 0 Å². The first-order valence-corrected chi connectivity index (χ1v) is 14.5. The number of nitrogens with one attached hydrogen (secondary N) is 2. The monoisotopic (exact) mass is 584 g/mol. The van der Waals surface area contributed by atoms with Gasteiger partial charge in [-0.05, 0) is 99.1 Å². The number of ether oxygens (including phenoxy) is 4. The van der Waals surface area contributed by atoms with Crippen LogP contribution < -0.4 is 29.6 Å². The molecule has 0 saturated heterocycles. The summed E-state index contributed by atoms with van der Waals surface area (Å²) in [4.78, 5) is 0. The zero-order valence-electron chi connectivity index (χ0n) is 25.7. The van der Waals surface area contributed by atoms with Gasteiger partial charge in [0.05, 0.1) is 28.4 Å². The molecule has 0 atom stereocenters. The van der Waals surface area contributed by atoms with Crippen molar-refractivity contribution in [2.45, 2.75) is 52.4 Å². The Labute approximate surface area is 253 Å². The summed E-state index contributed by atoms with van der Waals surface area (Å²) in [6.45, 7) is 8.12. The molecular weight excluding hydrogens is 536 g/mol. The molecule has 41 heavy (non-hydrogen) atoms. The molecule has 0 fully saturated rings. The minimum absolute atomic E-state index is 0. The summed E-state index contributed by atoms with van der Waals surface area (Å²) in [7, 11) is 6.80. The van der Waals surface area contributed by atoms with E-state index in [1.165, 1.54) is 33.4 Å². The van der Waals surface area contributed by atoms with Crippen LogP contribution >= 0.6 is 12.4 Å². The van der Waals surface area contributed by atoms with Crippen LogP contribution in [0.3, 0.4) is 0 Å². The highest BCUT2D eigenvalue weighted by Crippen LogP contribution is 2.35. The molecule has 0 saturated carbocycles. The van der Waals surface area contributed by atoms with E-state index < -0.39 is 0 Å². The summed E-state index contributed by atoms with van der Waals surface area (Å²) in [6, 6.07) is 17.3. The molecule has 3 rings (SSSR count). The van der Waals surface area contributed by atoms with Crippen molar-refractivity contribution in [3.8, 4) is 23.0 Å². The maximum Gasteiger partial charge on any atom is 0.164 e. The van der Waals surface area contributed by atoms with Gasteiger partial charge in [0.15, 0.2) is 23.0 Å². The largest absolute Gasteiger partial charge is 0.493 e. The van der Waals surface area contributed by atoms with Gasteiger partial charge in [-0.3, -0.25) is 0 Å². The summed E-state index contributed by atoms with van der Waals surface area (Å²) in [5.41, 5.74) is 7.86. The number of benzene rings is 3. The van der Waals surface area contributed by atoms with Crippen LogP contribution in [0.25, 0.3) is 0 Å². The molecule has 226 valence electrons. The molecule has 0 unspecified atom stereocenters. The third kappa shape index (κ3) is 9.56. The highest BCUT2D eigenvalue weighted by Gasteiger charge is 2.14. The van der Waals surface area contributed by atoms with Crippen LogP contribution in [0.4, 0.5) is 0 Å². The lowest BCUT2D eigenvalue weighted by Gasteiger charge is -2.16. The van der Waals surface area contributed by atoms with Crippen LogP contribution in [0, 0.1) is 0 Å². The fraction of sp³-hybridized carbons (Fsp3) is 0.471. The molecule has 6 nitrogen and oxygen atoms in total. The summed E-state index contributed by atoms with van der Waals surface area (Å²) in [5, 5.41) is 7.24. The predicted octanol–water partition coefficient (Wildman–Crippen LogP) is 6.02. The summed E-state index contributed by atoms with van der Waals surface area (Å²) >= 11 is 0. The van der Waals surface area contributed by atoms with E-state index >= 15 is 0 Å². The average molecular weight is 585 g/mol. The lowest BCUT2D eigenvalue weighted by atomic mass is 10.0. The van der Waals surface area contributed by atoms with Crippen molar-refractivity contribution in [2.24, 2.45) is 0 Å². The van der Waals surface area contributed by atoms with E-state index in [1.54, 1.807) is 28.4 Å². The van der Waals surface area contributed by atoms with Crippen LogP contribution in [0.5, 0.6) is 23.0 Å². The quantitative estimate of drug-likeness (QED) is 0.178. The van der Waals surface area contributed by atoms with Gasteiger partial charge in [-0.2, -0.15) is 0 Å². The molecule has 7 heteroatoms. The third-order valence-corrected chi connectivity index (χ3v) is 7.51. The van der Waals surface area contributed by atoms with Crippen LogP contribution in [0.15, 0.2) is 48.5 Å². The highest BCUT2D eigenvalue weighted by atomic mass is 35.5. The maximum atomic E-state index is 5.62. The molecule has 3 aromatic carbocycles. The van der Waals surface area contributed by atoms with Gasteiger partial charge in [0.1, 0.15) is 0 Å². The number of hydrogen-bond donors (Lipinski definition) is 2. The third-order valence-electron chi connectivity index (χ3n) is 7.51. The molecule has 0 aliphatic heterocycles.